The number of aliphatic carboxylic acids is 1. The maximum Gasteiger partial charge on any atom is 0.331 e. The first-order valence-corrected chi connectivity index (χ1v) is 5.44. The van der Waals surface area contributed by atoms with Crippen molar-refractivity contribution < 1.29 is 9.90 Å². The van der Waals surface area contributed by atoms with Crippen LogP contribution in [0.15, 0.2) is 11.6 Å². The Morgan fingerprint density at radius 2 is 2.14 bits per heavy atom. The minimum absolute atomic E-state index is 0.597. The zero-order valence-corrected chi connectivity index (χ0v) is 8.41. The topological polar surface area (TPSA) is 40.5 Å². The Bertz CT molecular complexity index is 254. The SMILES string of the molecule is O=C(O)C1=CCN(C2CCCC2)CC1. The summed E-state index contributed by atoms with van der Waals surface area (Å²) in [5, 5.41) is 8.80. The van der Waals surface area contributed by atoms with E-state index in [4.69, 9.17) is 5.11 Å². The third-order valence-corrected chi connectivity index (χ3v) is 3.36. The van der Waals surface area contributed by atoms with Crippen molar-refractivity contribution in [3.63, 3.8) is 0 Å². The van der Waals surface area contributed by atoms with Crippen molar-refractivity contribution in [3.05, 3.63) is 11.6 Å². The molecule has 1 heterocycles. The van der Waals surface area contributed by atoms with Crippen molar-refractivity contribution in [1.29, 1.82) is 0 Å². The molecule has 0 amide bonds. The van der Waals surface area contributed by atoms with Crippen LogP contribution in [-0.4, -0.2) is 35.1 Å². The number of carboxylic acid groups (broad SMARTS) is 1. The van der Waals surface area contributed by atoms with Gasteiger partial charge in [-0.15, -0.1) is 0 Å². The Morgan fingerprint density at radius 3 is 2.64 bits per heavy atom. The number of hydrogen-bond donors (Lipinski definition) is 1. The van der Waals surface area contributed by atoms with Crippen LogP contribution in [0.5, 0.6) is 0 Å². The van der Waals surface area contributed by atoms with Gasteiger partial charge in [0.1, 0.15) is 0 Å². The fraction of sp³-hybridized carbons (Fsp3) is 0.727. The van der Waals surface area contributed by atoms with Crippen molar-refractivity contribution in [2.45, 2.75) is 38.1 Å². The predicted octanol–water partition coefficient (Wildman–Crippen LogP) is 1.65. The molecule has 2 aliphatic rings. The van der Waals surface area contributed by atoms with E-state index in [-0.39, 0.29) is 0 Å². The van der Waals surface area contributed by atoms with E-state index in [1.165, 1.54) is 25.7 Å². The molecule has 1 N–H and O–H groups in total. The largest absolute Gasteiger partial charge is 0.478 e. The summed E-state index contributed by atoms with van der Waals surface area (Å²) in [6.07, 6.45) is 7.88. The number of rotatable bonds is 2. The minimum atomic E-state index is -0.740. The normalized spacial score (nSPS) is 25.0. The van der Waals surface area contributed by atoms with Crippen LogP contribution in [-0.2, 0) is 4.79 Å². The molecule has 14 heavy (non-hydrogen) atoms. The highest BCUT2D eigenvalue weighted by Gasteiger charge is 2.24. The Kier molecular flexibility index (Phi) is 2.87. The molecule has 0 aromatic rings. The van der Waals surface area contributed by atoms with Gasteiger partial charge in [0.15, 0.2) is 0 Å². The molecule has 2 rings (SSSR count). The van der Waals surface area contributed by atoms with Gasteiger partial charge in [-0.05, 0) is 19.3 Å². The molecule has 3 nitrogen and oxygen atoms in total. The van der Waals surface area contributed by atoms with Crippen LogP contribution in [0, 0.1) is 0 Å². The van der Waals surface area contributed by atoms with Crippen LogP contribution < -0.4 is 0 Å². The second-order valence-electron chi connectivity index (χ2n) is 4.22. The molecule has 78 valence electrons. The lowest BCUT2D eigenvalue weighted by Gasteiger charge is -2.30. The molecule has 1 saturated carbocycles. The lowest BCUT2D eigenvalue weighted by molar-refractivity contribution is -0.133. The summed E-state index contributed by atoms with van der Waals surface area (Å²) in [4.78, 5) is 13.1. The van der Waals surface area contributed by atoms with Crippen LogP contribution in [0.4, 0.5) is 0 Å². The third-order valence-electron chi connectivity index (χ3n) is 3.36. The summed E-state index contributed by atoms with van der Waals surface area (Å²) in [7, 11) is 0. The molecule has 0 aromatic carbocycles. The monoisotopic (exact) mass is 195 g/mol. The molecular formula is C11H17NO2. The Morgan fingerprint density at radius 1 is 1.43 bits per heavy atom. The maximum absolute atomic E-state index is 10.7. The fourth-order valence-electron chi connectivity index (χ4n) is 2.48. The van der Waals surface area contributed by atoms with Crippen LogP contribution in [0.2, 0.25) is 0 Å². The van der Waals surface area contributed by atoms with Gasteiger partial charge in [-0.25, -0.2) is 4.79 Å². The summed E-state index contributed by atoms with van der Waals surface area (Å²) >= 11 is 0. The molecule has 0 bridgehead atoms. The average Bonchev–Trinajstić information content (AvgIpc) is 2.71. The summed E-state index contributed by atoms with van der Waals surface area (Å²) < 4.78 is 0. The maximum atomic E-state index is 10.7. The standard InChI is InChI=1S/C11H17NO2/c13-11(14)9-5-7-12(8-6-9)10-3-1-2-4-10/h5,10H,1-4,6-8H2,(H,13,14). The van der Waals surface area contributed by atoms with Gasteiger partial charge in [0, 0.05) is 24.7 Å². The first-order chi connectivity index (χ1) is 6.77. The molecule has 1 fully saturated rings. The van der Waals surface area contributed by atoms with Crippen LogP contribution in [0.1, 0.15) is 32.1 Å². The van der Waals surface area contributed by atoms with Crippen LogP contribution in [0.3, 0.4) is 0 Å². The number of nitrogens with zero attached hydrogens (tertiary/aromatic N) is 1. The number of carbonyl (C=O) groups is 1. The first-order valence-electron chi connectivity index (χ1n) is 5.44. The molecule has 1 aliphatic carbocycles. The van der Waals surface area contributed by atoms with Gasteiger partial charge in [0.2, 0.25) is 0 Å². The molecule has 0 aromatic heterocycles. The Hall–Kier alpha value is -0.830. The van der Waals surface area contributed by atoms with Gasteiger partial charge in [-0.3, -0.25) is 4.90 Å². The van der Waals surface area contributed by atoms with E-state index in [2.05, 4.69) is 4.90 Å². The van der Waals surface area contributed by atoms with Gasteiger partial charge in [0.05, 0.1) is 0 Å². The van der Waals surface area contributed by atoms with Crippen molar-refractivity contribution >= 4 is 5.97 Å². The van der Waals surface area contributed by atoms with Gasteiger partial charge in [-0.2, -0.15) is 0 Å². The molecular weight excluding hydrogens is 178 g/mol. The van der Waals surface area contributed by atoms with Gasteiger partial charge in [-0.1, -0.05) is 18.9 Å². The van der Waals surface area contributed by atoms with Crippen molar-refractivity contribution in [1.82, 2.24) is 4.90 Å². The molecule has 3 heteroatoms. The summed E-state index contributed by atoms with van der Waals surface area (Å²) in [6, 6.07) is 0.724. The molecule has 0 atom stereocenters. The highest BCUT2D eigenvalue weighted by molar-refractivity contribution is 5.86. The van der Waals surface area contributed by atoms with E-state index in [9.17, 15) is 4.79 Å². The van der Waals surface area contributed by atoms with E-state index in [1.807, 2.05) is 6.08 Å². The molecule has 0 saturated heterocycles. The average molecular weight is 195 g/mol. The zero-order chi connectivity index (χ0) is 9.97. The summed E-state index contributed by atoms with van der Waals surface area (Å²) in [6.45, 7) is 1.77. The molecule has 0 radical (unpaired) electrons. The van der Waals surface area contributed by atoms with Crippen molar-refractivity contribution in [2.75, 3.05) is 13.1 Å². The lowest BCUT2D eigenvalue weighted by Crippen LogP contribution is -2.37. The highest BCUT2D eigenvalue weighted by atomic mass is 16.4. The first kappa shape index (κ1) is 9.71. The number of carboxylic acids is 1. The quantitative estimate of drug-likeness (QED) is 0.728. The van der Waals surface area contributed by atoms with Crippen molar-refractivity contribution in [3.8, 4) is 0 Å². The van der Waals surface area contributed by atoms with E-state index >= 15 is 0 Å². The van der Waals surface area contributed by atoms with E-state index in [1.54, 1.807) is 0 Å². The lowest BCUT2D eigenvalue weighted by atomic mass is 10.1. The minimum Gasteiger partial charge on any atom is -0.478 e. The van der Waals surface area contributed by atoms with Crippen molar-refractivity contribution in [2.24, 2.45) is 0 Å². The Balaban J connectivity index is 1.91. The fourth-order valence-corrected chi connectivity index (χ4v) is 2.48. The smallest absolute Gasteiger partial charge is 0.331 e. The van der Waals surface area contributed by atoms with E-state index < -0.39 is 5.97 Å². The second-order valence-corrected chi connectivity index (χ2v) is 4.22. The number of hydrogen-bond acceptors (Lipinski definition) is 2. The zero-order valence-electron chi connectivity index (χ0n) is 8.41. The predicted molar refractivity (Wildman–Crippen MR) is 54.2 cm³/mol. The van der Waals surface area contributed by atoms with Crippen LogP contribution >= 0.6 is 0 Å². The van der Waals surface area contributed by atoms with Crippen LogP contribution in [0.25, 0.3) is 0 Å². The van der Waals surface area contributed by atoms with Gasteiger partial charge >= 0.3 is 5.97 Å². The third kappa shape index (κ3) is 1.98. The summed E-state index contributed by atoms with van der Waals surface area (Å²) in [5.41, 5.74) is 0.597. The van der Waals surface area contributed by atoms with E-state index in [0.29, 0.717) is 12.0 Å². The Labute approximate surface area is 84.4 Å². The molecule has 0 spiro atoms. The van der Waals surface area contributed by atoms with Gasteiger partial charge in [0.25, 0.3) is 0 Å². The molecule has 1 aliphatic heterocycles. The molecule has 0 unspecified atom stereocenters. The van der Waals surface area contributed by atoms with Gasteiger partial charge < -0.3 is 5.11 Å². The second kappa shape index (κ2) is 4.13. The summed E-state index contributed by atoms with van der Waals surface area (Å²) in [5.74, 6) is -0.740. The highest BCUT2D eigenvalue weighted by Crippen LogP contribution is 2.25. The van der Waals surface area contributed by atoms with E-state index in [0.717, 1.165) is 19.1 Å².